The topological polar surface area (TPSA) is 61.1 Å². The van der Waals surface area contributed by atoms with Gasteiger partial charge in [-0.25, -0.2) is 9.37 Å². The van der Waals surface area contributed by atoms with Crippen molar-refractivity contribution >= 4 is 38.7 Å². The molecular weight excluding hydrogens is 391 g/mol. The molecule has 0 aliphatic carbocycles. The molecule has 0 saturated heterocycles. The second-order valence-corrected chi connectivity index (χ2v) is 6.51. The lowest BCUT2D eigenvalue weighted by molar-refractivity contribution is 0.628. The van der Waals surface area contributed by atoms with Gasteiger partial charge in [-0.2, -0.15) is 10.4 Å². The quantitative estimate of drug-likeness (QED) is 0.492. The summed E-state index contributed by atoms with van der Waals surface area (Å²) in [7, 11) is 0. The van der Waals surface area contributed by atoms with E-state index in [0.29, 0.717) is 10.7 Å². The summed E-state index contributed by atoms with van der Waals surface area (Å²) < 4.78 is 13.9. The molecule has 0 saturated carbocycles. The normalized spacial score (nSPS) is 11.1. The van der Waals surface area contributed by atoms with E-state index in [1.54, 1.807) is 12.1 Å². The summed E-state index contributed by atoms with van der Waals surface area (Å²) in [4.78, 5) is 4.40. The molecule has 0 bridgehead atoms. The van der Waals surface area contributed by atoms with Crippen LogP contribution in [0.3, 0.4) is 0 Å². The van der Waals surface area contributed by atoms with Crippen LogP contribution in [0.25, 0.3) is 11.3 Å². The minimum atomic E-state index is -0.299. The summed E-state index contributed by atoms with van der Waals surface area (Å²) in [5.41, 5.74) is 5.27. The summed E-state index contributed by atoms with van der Waals surface area (Å²) in [6, 6.07) is 15.5. The molecule has 7 heteroatoms. The molecule has 1 aromatic heterocycles. The zero-order chi connectivity index (χ0) is 16.9. The predicted octanol–water partition coefficient (Wildman–Crippen LogP) is 5.05. The number of hydrazone groups is 1. The van der Waals surface area contributed by atoms with Gasteiger partial charge >= 0.3 is 0 Å². The second kappa shape index (κ2) is 7.34. The maximum atomic E-state index is 13.0. The number of hydrogen-bond donors (Lipinski definition) is 1. The first-order valence-electron chi connectivity index (χ1n) is 6.87. The van der Waals surface area contributed by atoms with Gasteiger partial charge in [-0.15, -0.1) is 11.3 Å². The molecule has 24 heavy (non-hydrogen) atoms. The van der Waals surface area contributed by atoms with Gasteiger partial charge in [0.1, 0.15) is 11.9 Å². The minimum Gasteiger partial charge on any atom is -0.277 e. The molecule has 118 valence electrons. The summed E-state index contributed by atoms with van der Waals surface area (Å²) in [6.07, 6.45) is 0. The molecule has 0 unspecified atom stereocenters. The van der Waals surface area contributed by atoms with Gasteiger partial charge in [0, 0.05) is 15.4 Å². The van der Waals surface area contributed by atoms with E-state index < -0.39 is 0 Å². The Morgan fingerprint density at radius 1 is 1.17 bits per heavy atom. The molecule has 0 atom stereocenters. The molecule has 1 N–H and O–H groups in total. The molecule has 0 aliphatic rings. The van der Waals surface area contributed by atoms with E-state index in [1.165, 1.54) is 23.5 Å². The van der Waals surface area contributed by atoms with E-state index in [0.717, 1.165) is 15.7 Å². The fraction of sp³-hybridized carbons (Fsp3) is 0. The van der Waals surface area contributed by atoms with Gasteiger partial charge in [-0.1, -0.05) is 15.9 Å². The lowest BCUT2D eigenvalue weighted by atomic mass is 10.2. The largest absolute Gasteiger partial charge is 0.277 e. The molecule has 2 aromatic carbocycles. The molecule has 4 nitrogen and oxygen atoms in total. The SMILES string of the molecule is N#C/C(=N/Nc1ccc(Br)cc1)c1nc(-c2ccc(F)cc2)cs1. The summed E-state index contributed by atoms with van der Waals surface area (Å²) in [6.45, 7) is 0. The molecule has 1 heterocycles. The highest BCUT2D eigenvalue weighted by Gasteiger charge is 2.10. The molecular formula is C17H10BrFN4S. The van der Waals surface area contributed by atoms with Gasteiger partial charge < -0.3 is 0 Å². The van der Waals surface area contributed by atoms with Crippen molar-refractivity contribution < 1.29 is 4.39 Å². The summed E-state index contributed by atoms with van der Waals surface area (Å²) in [5, 5.41) is 15.7. The number of halogens is 2. The monoisotopic (exact) mass is 400 g/mol. The first-order valence-corrected chi connectivity index (χ1v) is 8.54. The molecule has 0 aliphatic heterocycles. The number of aromatic nitrogens is 1. The zero-order valence-electron chi connectivity index (χ0n) is 12.2. The Kier molecular flexibility index (Phi) is 4.99. The van der Waals surface area contributed by atoms with Crippen molar-refractivity contribution in [3.05, 3.63) is 69.2 Å². The lowest BCUT2D eigenvalue weighted by Gasteiger charge is -2.00. The highest BCUT2D eigenvalue weighted by atomic mass is 79.9. The molecule has 0 amide bonds. The lowest BCUT2D eigenvalue weighted by Crippen LogP contribution is -2.01. The Balaban J connectivity index is 1.81. The van der Waals surface area contributed by atoms with Crippen LogP contribution in [-0.2, 0) is 0 Å². The standard InChI is InChI=1S/C17H10BrFN4S/c18-12-3-7-14(8-4-12)22-23-15(9-20)17-21-16(10-24-17)11-1-5-13(19)6-2-11/h1-8,10,22H/b23-15-. The Bertz CT molecular complexity index is 911. The van der Waals surface area contributed by atoms with Crippen LogP contribution in [0.4, 0.5) is 10.1 Å². The van der Waals surface area contributed by atoms with Crippen molar-refractivity contribution in [3.8, 4) is 17.3 Å². The fourth-order valence-electron chi connectivity index (χ4n) is 1.90. The van der Waals surface area contributed by atoms with E-state index in [2.05, 4.69) is 31.4 Å². The molecule has 0 spiro atoms. The average molecular weight is 401 g/mol. The first kappa shape index (κ1) is 16.3. The third-order valence-electron chi connectivity index (χ3n) is 3.09. The van der Waals surface area contributed by atoms with Crippen LogP contribution >= 0.6 is 27.3 Å². The maximum Gasteiger partial charge on any atom is 0.196 e. The third-order valence-corrected chi connectivity index (χ3v) is 4.47. The molecule has 3 aromatic rings. The van der Waals surface area contributed by atoms with Crippen LogP contribution in [0, 0.1) is 17.1 Å². The van der Waals surface area contributed by atoms with Gasteiger partial charge in [-0.3, -0.25) is 5.43 Å². The van der Waals surface area contributed by atoms with Gasteiger partial charge in [0.2, 0.25) is 0 Å². The first-order chi connectivity index (χ1) is 11.7. The zero-order valence-corrected chi connectivity index (χ0v) is 14.6. The van der Waals surface area contributed by atoms with E-state index in [4.69, 9.17) is 0 Å². The number of thiazole rings is 1. The number of rotatable bonds is 4. The number of benzene rings is 2. The van der Waals surface area contributed by atoms with Crippen LogP contribution in [0.1, 0.15) is 5.01 Å². The van der Waals surface area contributed by atoms with Gasteiger partial charge in [0.05, 0.1) is 11.4 Å². The number of nitriles is 1. The van der Waals surface area contributed by atoms with Gasteiger partial charge in [-0.05, 0) is 48.5 Å². The molecule has 0 radical (unpaired) electrons. The van der Waals surface area contributed by atoms with Gasteiger partial charge in [0.25, 0.3) is 0 Å². The number of nitrogens with one attached hydrogen (secondary N) is 1. The smallest absolute Gasteiger partial charge is 0.196 e. The number of anilines is 1. The Morgan fingerprint density at radius 2 is 1.88 bits per heavy atom. The van der Waals surface area contributed by atoms with Crippen LogP contribution in [0.5, 0.6) is 0 Å². The Labute approximate surface area is 150 Å². The van der Waals surface area contributed by atoms with E-state index in [-0.39, 0.29) is 11.5 Å². The van der Waals surface area contributed by atoms with Crippen molar-refractivity contribution in [1.29, 1.82) is 5.26 Å². The van der Waals surface area contributed by atoms with Crippen molar-refractivity contribution in [2.75, 3.05) is 5.43 Å². The predicted molar refractivity (Wildman–Crippen MR) is 97.4 cm³/mol. The molecule has 3 rings (SSSR count). The highest BCUT2D eigenvalue weighted by Crippen LogP contribution is 2.23. The Morgan fingerprint density at radius 3 is 2.54 bits per heavy atom. The van der Waals surface area contributed by atoms with Crippen LogP contribution in [0.2, 0.25) is 0 Å². The van der Waals surface area contributed by atoms with Crippen LogP contribution in [0.15, 0.2) is 63.5 Å². The van der Waals surface area contributed by atoms with Gasteiger partial charge in [0.15, 0.2) is 10.7 Å². The van der Waals surface area contributed by atoms with Crippen molar-refractivity contribution in [1.82, 2.24) is 4.98 Å². The van der Waals surface area contributed by atoms with Crippen LogP contribution in [-0.4, -0.2) is 10.7 Å². The highest BCUT2D eigenvalue weighted by molar-refractivity contribution is 9.10. The number of hydrogen-bond acceptors (Lipinski definition) is 5. The average Bonchev–Trinajstić information content (AvgIpc) is 3.08. The fourth-order valence-corrected chi connectivity index (χ4v) is 2.93. The summed E-state index contributed by atoms with van der Waals surface area (Å²) in [5.74, 6) is -0.299. The van der Waals surface area contributed by atoms with E-state index in [1.807, 2.05) is 35.7 Å². The van der Waals surface area contributed by atoms with Crippen LogP contribution < -0.4 is 5.43 Å². The van der Waals surface area contributed by atoms with Crippen molar-refractivity contribution in [3.63, 3.8) is 0 Å². The van der Waals surface area contributed by atoms with Crippen molar-refractivity contribution in [2.45, 2.75) is 0 Å². The summed E-state index contributed by atoms with van der Waals surface area (Å²) >= 11 is 4.67. The Hall–Kier alpha value is -2.56. The van der Waals surface area contributed by atoms with Crippen molar-refractivity contribution in [2.24, 2.45) is 5.10 Å². The maximum absolute atomic E-state index is 13.0. The van der Waals surface area contributed by atoms with E-state index >= 15 is 0 Å². The number of nitrogens with zero attached hydrogens (tertiary/aromatic N) is 3. The molecule has 0 fully saturated rings. The van der Waals surface area contributed by atoms with E-state index in [9.17, 15) is 9.65 Å². The second-order valence-electron chi connectivity index (χ2n) is 4.74. The third kappa shape index (κ3) is 3.85. The minimum absolute atomic E-state index is 0.191.